The molecule has 6 heteroatoms. The number of hydrogen-bond donors (Lipinski definition) is 0. The fraction of sp³-hybridized carbons (Fsp3) is 0.136. The van der Waals surface area contributed by atoms with E-state index >= 15 is 0 Å². The molecule has 2 aromatic heterocycles. The van der Waals surface area contributed by atoms with Crippen molar-refractivity contribution in [2.75, 3.05) is 14.7 Å². The number of aromatic nitrogens is 2. The molecule has 6 heterocycles. The van der Waals surface area contributed by atoms with E-state index in [0.717, 1.165) is 135 Å². The van der Waals surface area contributed by atoms with E-state index in [1.807, 2.05) is 0 Å². The fourth-order valence-corrected chi connectivity index (χ4v) is 23.5. The van der Waals surface area contributed by atoms with Gasteiger partial charge >= 0.3 is 0 Å². The Morgan fingerprint density at radius 1 is 0.229 bits per heavy atom. The molecule has 0 N–H and O–H groups in total. The fourth-order valence-electron chi connectivity index (χ4n) is 23.5. The van der Waals surface area contributed by atoms with Crippen LogP contribution in [0.2, 0.25) is 0 Å². The molecule has 0 atom stereocenters. The highest BCUT2D eigenvalue weighted by molar-refractivity contribution is 7.00. The minimum Gasteiger partial charge on any atom is -0.365 e. The molecule has 0 spiro atoms. The van der Waals surface area contributed by atoms with Gasteiger partial charge in [0.05, 0.1) is 39.1 Å². The SMILES string of the molecule is CC(C)(C)c1ccc2c(c1)c1cc(C(C)(C)C)ccc1n2-c1cc2c3c(c1)N(c1c(-c4ccccc4)cc(-c4ccccc4)cc1-c1ccccc1)c1cc(-n4c5ccc(-c6ccccc6)cc5c5cc(-c6ccc(-c7ccccc7)cc6)ccc54)ccc1B3c1ccc(N3C4CC5CC(C4)CC3C5)cc1N2c1c(-c2ccccc2)cc(-c2ccccc2)cc1-c1ccccc1. The van der Waals surface area contributed by atoms with Gasteiger partial charge in [0.25, 0.3) is 6.71 Å². The van der Waals surface area contributed by atoms with Crippen LogP contribution in [0.15, 0.2) is 413 Å². The summed E-state index contributed by atoms with van der Waals surface area (Å²) in [5.74, 6) is 1.55. The molecule has 0 amide bonds. The average Bonchev–Trinajstić information content (AvgIpc) is 1.38. The van der Waals surface area contributed by atoms with E-state index < -0.39 is 0 Å². The number of piperidine rings is 2. The molecule has 20 aromatic rings. The molecule has 18 aromatic carbocycles. The lowest BCUT2D eigenvalue weighted by Gasteiger charge is -2.57. The van der Waals surface area contributed by atoms with Crippen LogP contribution in [-0.4, -0.2) is 27.9 Å². The molecule has 5 nitrogen and oxygen atoms in total. The monoisotopic (exact) mass is 1680 g/mol. The van der Waals surface area contributed by atoms with Crippen molar-refractivity contribution >= 4 is 107 Å². The van der Waals surface area contributed by atoms with Crippen molar-refractivity contribution < 1.29 is 0 Å². The summed E-state index contributed by atoms with van der Waals surface area (Å²) in [6.07, 6.45) is 6.35. The summed E-state index contributed by atoms with van der Waals surface area (Å²) in [6.45, 7) is 13.9. The van der Waals surface area contributed by atoms with Gasteiger partial charge in [0, 0.05) is 90.0 Å². The molecule has 4 bridgehead atoms. The third-order valence-corrected chi connectivity index (χ3v) is 29.6. The van der Waals surface area contributed by atoms with Crippen molar-refractivity contribution in [3.05, 3.63) is 424 Å². The van der Waals surface area contributed by atoms with Gasteiger partial charge in [-0.2, -0.15) is 0 Å². The molecular formula is C125H100BN5. The molecule has 2 aliphatic carbocycles. The molecule has 4 aliphatic heterocycles. The quantitative estimate of drug-likeness (QED) is 0.101. The summed E-state index contributed by atoms with van der Waals surface area (Å²) in [6, 6.07) is 159. The van der Waals surface area contributed by atoms with Crippen LogP contribution in [0.25, 0.3) is 155 Å². The largest absolute Gasteiger partial charge is 0.365 e. The number of nitrogens with zero attached hydrogens (tertiary/aromatic N) is 5. The lowest BCUT2D eigenvalue weighted by Crippen LogP contribution is -2.62. The van der Waals surface area contributed by atoms with Gasteiger partial charge < -0.3 is 23.8 Å². The summed E-state index contributed by atoms with van der Waals surface area (Å²) in [5, 5.41) is 4.86. The smallest absolute Gasteiger partial charge is 0.252 e. The zero-order chi connectivity index (χ0) is 87.5. The zero-order valence-corrected chi connectivity index (χ0v) is 74.9. The third-order valence-electron chi connectivity index (χ3n) is 29.6. The highest BCUT2D eigenvalue weighted by Gasteiger charge is 2.50. The molecule has 131 heavy (non-hydrogen) atoms. The topological polar surface area (TPSA) is 19.6 Å². The van der Waals surface area contributed by atoms with Gasteiger partial charge in [0.2, 0.25) is 0 Å². The Balaban J connectivity index is 0.847. The van der Waals surface area contributed by atoms with Crippen LogP contribution in [0.3, 0.4) is 0 Å². The van der Waals surface area contributed by atoms with Gasteiger partial charge in [0.15, 0.2) is 0 Å². The highest BCUT2D eigenvalue weighted by Crippen LogP contribution is 2.58. The third kappa shape index (κ3) is 13.2. The average molecular weight is 1680 g/mol. The van der Waals surface area contributed by atoms with Crippen LogP contribution < -0.4 is 31.1 Å². The Labute approximate surface area is 768 Å². The van der Waals surface area contributed by atoms with Crippen LogP contribution in [0.5, 0.6) is 0 Å². The lowest BCUT2D eigenvalue weighted by atomic mass is 9.33. The van der Waals surface area contributed by atoms with E-state index in [1.54, 1.807) is 0 Å². The van der Waals surface area contributed by atoms with E-state index in [1.165, 1.54) is 131 Å². The zero-order valence-electron chi connectivity index (χ0n) is 74.9. The minimum absolute atomic E-state index is 0.128. The summed E-state index contributed by atoms with van der Waals surface area (Å²) in [4.78, 5) is 8.53. The van der Waals surface area contributed by atoms with E-state index in [9.17, 15) is 0 Å². The first kappa shape index (κ1) is 78.3. The first-order valence-electron chi connectivity index (χ1n) is 47.1. The van der Waals surface area contributed by atoms with Gasteiger partial charge in [-0.15, -0.1) is 0 Å². The molecule has 628 valence electrons. The van der Waals surface area contributed by atoms with Crippen LogP contribution in [-0.2, 0) is 10.8 Å². The molecule has 2 saturated carbocycles. The van der Waals surface area contributed by atoms with E-state index in [4.69, 9.17) is 0 Å². The number of anilines is 7. The Kier molecular flexibility index (Phi) is 18.5. The Hall–Kier alpha value is -15.0. The van der Waals surface area contributed by atoms with Crippen molar-refractivity contribution in [1.29, 1.82) is 0 Å². The van der Waals surface area contributed by atoms with Crippen LogP contribution in [0, 0.1) is 11.8 Å². The van der Waals surface area contributed by atoms with Gasteiger partial charge in [-0.05, 0) is 269 Å². The van der Waals surface area contributed by atoms with Gasteiger partial charge in [-0.3, -0.25) is 0 Å². The second kappa shape index (κ2) is 30.9. The maximum Gasteiger partial charge on any atom is 0.252 e. The molecule has 0 unspecified atom stereocenters. The van der Waals surface area contributed by atoms with Crippen molar-refractivity contribution in [2.45, 2.75) is 96.6 Å². The Morgan fingerprint density at radius 2 is 0.511 bits per heavy atom. The lowest BCUT2D eigenvalue weighted by molar-refractivity contribution is 0.0900. The van der Waals surface area contributed by atoms with E-state index in [-0.39, 0.29) is 17.5 Å². The minimum atomic E-state index is -0.305. The Morgan fingerprint density at radius 3 is 0.878 bits per heavy atom. The van der Waals surface area contributed by atoms with Gasteiger partial charge in [0.1, 0.15) is 0 Å². The second-order valence-electron chi connectivity index (χ2n) is 39.6. The van der Waals surface area contributed by atoms with Crippen LogP contribution in [0.1, 0.15) is 84.8 Å². The maximum absolute atomic E-state index is 2.93. The second-order valence-corrected chi connectivity index (χ2v) is 39.6. The first-order chi connectivity index (χ1) is 64.2. The molecule has 2 saturated heterocycles. The summed E-state index contributed by atoms with van der Waals surface area (Å²) >= 11 is 0. The molecule has 26 rings (SSSR count). The number of rotatable bonds is 14. The van der Waals surface area contributed by atoms with Crippen LogP contribution >= 0.6 is 0 Å². The number of fused-ring (bicyclic) bond motifs is 10. The number of hydrogen-bond acceptors (Lipinski definition) is 3. The van der Waals surface area contributed by atoms with E-state index in [0.29, 0.717) is 12.1 Å². The van der Waals surface area contributed by atoms with Crippen molar-refractivity contribution in [3.63, 3.8) is 0 Å². The van der Waals surface area contributed by atoms with Crippen molar-refractivity contribution in [2.24, 2.45) is 11.8 Å². The summed E-state index contributed by atoms with van der Waals surface area (Å²) in [5.41, 5.74) is 41.7. The summed E-state index contributed by atoms with van der Waals surface area (Å²) < 4.78 is 5.24. The van der Waals surface area contributed by atoms with Crippen molar-refractivity contribution in [1.82, 2.24) is 9.13 Å². The maximum atomic E-state index is 2.93. The van der Waals surface area contributed by atoms with Gasteiger partial charge in [-0.25, -0.2) is 0 Å². The first-order valence-corrected chi connectivity index (χ1v) is 47.1. The summed E-state index contributed by atoms with van der Waals surface area (Å²) in [7, 11) is 0. The van der Waals surface area contributed by atoms with Crippen molar-refractivity contribution in [3.8, 4) is 112 Å². The van der Waals surface area contributed by atoms with Gasteiger partial charge in [-0.1, -0.05) is 345 Å². The molecule has 6 aliphatic rings. The van der Waals surface area contributed by atoms with E-state index in [2.05, 4.69) is 478 Å². The van der Waals surface area contributed by atoms with Crippen LogP contribution in [0.4, 0.5) is 39.8 Å². The number of benzene rings is 18. The predicted octanol–water partition coefficient (Wildman–Crippen LogP) is 31.3. The molecular weight excluding hydrogens is 1580 g/mol. The normalized spacial score (nSPS) is 16.1. The Bertz CT molecular complexity index is 7660. The molecule has 0 radical (unpaired) electrons. The standard InChI is InChI=1S/C125H100BN5/c1-124(2,3)96-53-61-115-109(74-96)110-75-97(125(4,5)6)54-62-116(110)129(115)102-78-119-121-120(79-102)131(123-105(90-43-27-13-28-44-90)72-95(85-37-21-10-22-38-85)73-106(123)91-45-29-14-30-46-91)118-77-99(128-113-59-51-92(83-33-17-8-18-34-83)68-107(113)108-69-93(52-60-114(108)128)87-49-47-86(48-50-87)82-31-15-7-16-32-82)56-58-112(118)126(121)111-57-55-98(127-100-64-80-63-81(66-100)67-101(127)65-80)76-117(111)130(119)122-103(88-39-23-11-24-40-88)70-94(84-35-19-9-20-36-84)71-104(122)89-41-25-12-26-42-89/h7-62,68-81,100-101H,63-67H2,1-6H3. The highest BCUT2D eigenvalue weighted by atomic mass is 15.2. The predicted molar refractivity (Wildman–Crippen MR) is 556 cm³/mol. The molecule has 4 fully saturated rings.